The highest BCUT2D eigenvalue weighted by Gasteiger charge is 2.23. The summed E-state index contributed by atoms with van der Waals surface area (Å²) in [6.45, 7) is 1.83. The maximum Gasteiger partial charge on any atom is 0.247 e. The molecule has 4 nitrogen and oxygen atoms in total. The highest BCUT2D eigenvalue weighted by atomic mass is 32.2. The number of nitrogens with one attached hydrogen (secondary N) is 2. The molecule has 0 aliphatic carbocycles. The Balaban J connectivity index is 2.11. The Morgan fingerprint density at radius 2 is 1.54 bits per heavy atom. The number of carbonyl (C=O) groups is 2. The van der Waals surface area contributed by atoms with Gasteiger partial charge in [0.05, 0.1) is 5.25 Å². The molecule has 0 radical (unpaired) electrons. The van der Waals surface area contributed by atoms with Gasteiger partial charge in [0, 0.05) is 12.1 Å². The second-order valence-corrected chi connectivity index (χ2v) is 6.66. The predicted molar refractivity (Wildman–Crippen MR) is 100 cm³/mol. The van der Waals surface area contributed by atoms with Crippen molar-refractivity contribution in [1.29, 1.82) is 0 Å². The Bertz CT molecular complexity index is 662. The molecule has 0 bridgehead atoms. The van der Waals surface area contributed by atoms with Crippen LogP contribution in [-0.2, 0) is 16.0 Å². The summed E-state index contributed by atoms with van der Waals surface area (Å²) in [5.74, 6) is -0.349. The van der Waals surface area contributed by atoms with Crippen LogP contribution in [0.1, 0.15) is 12.5 Å². The van der Waals surface area contributed by atoms with E-state index in [-0.39, 0.29) is 17.1 Å². The molecular weight excluding hydrogens is 320 g/mol. The van der Waals surface area contributed by atoms with Crippen molar-refractivity contribution >= 4 is 29.3 Å². The number of carbonyl (C=O) groups excluding carboxylic acids is 2. The lowest BCUT2D eigenvalue weighted by atomic mass is 10.0. The molecule has 24 heavy (non-hydrogen) atoms. The van der Waals surface area contributed by atoms with Gasteiger partial charge in [-0.1, -0.05) is 48.5 Å². The highest BCUT2D eigenvalue weighted by molar-refractivity contribution is 7.99. The highest BCUT2D eigenvalue weighted by Crippen LogP contribution is 2.11. The smallest absolute Gasteiger partial charge is 0.247 e. The summed E-state index contributed by atoms with van der Waals surface area (Å²) in [5, 5.41) is 5.53. The fourth-order valence-corrected chi connectivity index (χ4v) is 2.49. The maximum atomic E-state index is 12.6. The number of rotatable bonds is 7. The summed E-state index contributed by atoms with van der Waals surface area (Å²) in [6, 6.07) is 18.3. The van der Waals surface area contributed by atoms with Crippen LogP contribution in [0.25, 0.3) is 0 Å². The lowest BCUT2D eigenvalue weighted by molar-refractivity contribution is -0.126. The van der Waals surface area contributed by atoms with Crippen LogP contribution in [0.3, 0.4) is 0 Å². The summed E-state index contributed by atoms with van der Waals surface area (Å²) in [6.07, 6.45) is 2.33. The van der Waals surface area contributed by atoms with E-state index in [1.165, 1.54) is 11.8 Å². The predicted octanol–water partition coefficient (Wildman–Crippen LogP) is 3.10. The van der Waals surface area contributed by atoms with Crippen LogP contribution in [0.4, 0.5) is 5.69 Å². The first-order valence-corrected chi connectivity index (χ1v) is 9.12. The number of benzene rings is 2. The Morgan fingerprint density at radius 3 is 2.12 bits per heavy atom. The minimum absolute atomic E-state index is 0.133. The molecule has 0 spiro atoms. The Kier molecular flexibility index (Phi) is 6.88. The monoisotopic (exact) mass is 342 g/mol. The summed E-state index contributed by atoms with van der Waals surface area (Å²) in [7, 11) is 0. The number of hydrogen-bond donors (Lipinski definition) is 2. The number of thioether (sulfide) groups is 1. The van der Waals surface area contributed by atoms with E-state index >= 15 is 0 Å². The SMILES string of the molecule is CSC(C)C(=O)NC(Cc1ccccc1)C(=O)Nc1ccccc1. The summed E-state index contributed by atoms with van der Waals surface area (Å²) >= 11 is 1.45. The number of amides is 2. The minimum atomic E-state index is -0.616. The third-order valence-corrected chi connectivity index (χ3v) is 4.60. The van der Waals surface area contributed by atoms with Crippen molar-refractivity contribution in [3.05, 3.63) is 66.2 Å². The first-order valence-electron chi connectivity index (χ1n) is 7.83. The second kappa shape index (κ2) is 9.13. The van der Waals surface area contributed by atoms with Crippen LogP contribution >= 0.6 is 11.8 Å². The van der Waals surface area contributed by atoms with Crippen LogP contribution in [0, 0.1) is 0 Å². The molecule has 0 aromatic heterocycles. The quantitative estimate of drug-likeness (QED) is 0.813. The van der Waals surface area contributed by atoms with E-state index in [2.05, 4.69) is 10.6 Å². The third kappa shape index (κ3) is 5.42. The van der Waals surface area contributed by atoms with Gasteiger partial charge >= 0.3 is 0 Å². The molecular formula is C19H22N2O2S. The molecule has 0 aliphatic heterocycles. The molecule has 2 amide bonds. The summed E-state index contributed by atoms with van der Waals surface area (Å²) < 4.78 is 0. The number of para-hydroxylation sites is 1. The largest absolute Gasteiger partial charge is 0.343 e. The molecule has 5 heteroatoms. The third-order valence-electron chi connectivity index (χ3n) is 3.68. The molecule has 126 valence electrons. The standard InChI is InChI=1S/C19H22N2O2S/c1-14(24-2)18(22)21-17(13-15-9-5-3-6-10-15)19(23)20-16-11-7-4-8-12-16/h3-12,14,17H,13H2,1-2H3,(H,20,23)(H,21,22). The van der Waals surface area contributed by atoms with E-state index in [0.29, 0.717) is 12.1 Å². The summed E-state index contributed by atoms with van der Waals surface area (Å²) in [5.41, 5.74) is 1.72. The van der Waals surface area contributed by atoms with Gasteiger partial charge in [0.15, 0.2) is 0 Å². The number of hydrogen-bond acceptors (Lipinski definition) is 3. The normalized spacial score (nSPS) is 12.9. The van der Waals surface area contributed by atoms with Crippen LogP contribution < -0.4 is 10.6 Å². The zero-order chi connectivity index (χ0) is 17.4. The molecule has 2 aromatic carbocycles. The van der Waals surface area contributed by atoms with E-state index in [0.717, 1.165) is 5.56 Å². The molecule has 2 N–H and O–H groups in total. The molecule has 2 rings (SSSR count). The van der Waals surface area contributed by atoms with Crippen molar-refractivity contribution in [1.82, 2.24) is 5.32 Å². The van der Waals surface area contributed by atoms with E-state index in [1.54, 1.807) is 0 Å². The van der Waals surface area contributed by atoms with Gasteiger partial charge in [-0.25, -0.2) is 0 Å². The van der Waals surface area contributed by atoms with Gasteiger partial charge in [0.25, 0.3) is 0 Å². The van der Waals surface area contributed by atoms with Gasteiger partial charge in [-0.05, 0) is 30.9 Å². The Hall–Kier alpha value is -2.27. The minimum Gasteiger partial charge on any atom is -0.343 e. The van der Waals surface area contributed by atoms with Gasteiger partial charge < -0.3 is 10.6 Å². The average Bonchev–Trinajstić information content (AvgIpc) is 2.62. The fourth-order valence-electron chi connectivity index (χ4n) is 2.21. The lowest BCUT2D eigenvalue weighted by Crippen LogP contribution is -2.47. The van der Waals surface area contributed by atoms with E-state index in [9.17, 15) is 9.59 Å². The van der Waals surface area contributed by atoms with Crippen LogP contribution in [-0.4, -0.2) is 29.4 Å². The molecule has 0 saturated heterocycles. The number of anilines is 1. The fraction of sp³-hybridized carbons (Fsp3) is 0.263. The van der Waals surface area contributed by atoms with Gasteiger partial charge in [-0.15, -0.1) is 0 Å². The van der Waals surface area contributed by atoms with E-state index in [4.69, 9.17) is 0 Å². The molecule has 2 atom stereocenters. The molecule has 0 saturated carbocycles. The molecule has 2 aromatic rings. The van der Waals surface area contributed by atoms with E-state index < -0.39 is 6.04 Å². The Morgan fingerprint density at radius 1 is 0.958 bits per heavy atom. The zero-order valence-corrected chi connectivity index (χ0v) is 14.7. The zero-order valence-electron chi connectivity index (χ0n) is 13.9. The topological polar surface area (TPSA) is 58.2 Å². The second-order valence-electron chi connectivity index (χ2n) is 5.48. The van der Waals surface area contributed by atoms with Gasteiger partial charge in [0.2, 0.25) is 11.8 Å². The molecule has 0 aliphatic rings. The van der Waals surface area contributed by atoms with Crippen LogP contribution in [0.5, 0.6) is 0 Å². The van der Waals surface area contributed by atoms with Crippen LogP contribution in [0.15, 0.2) is 60.7 Å². The van der Waals surface area contributed by atoms with Gasteiger partial charge in [-0.2, -0.15) is 11.8 Å². The lowest BCUT2D eigenvalue weighted by Gasteiger charge is -2.20. The van der Waals surface area contributed by atoms with Crippen molar-refractivity contribution < 1.29 is 9.59 Å². The van der Waals surface area contributed by atoms with Gasteiger partial charge in [0.1, 0.15) is 6.04 Å². The molecule has 0 heterocycles. The van der Waals surface area contributed by atoms with Crippen molar-refractivity contribution in [3.63, 3.8) is 0 Å². The van der Waals surface area contributed by atoms with Crippen molar-refractivity contribution in [2.45, 2.75) is 24.6 Å². The average molecular weight is 342 g/mol. The Labute approximate surface area is 147 Å². The van der Waals surface area contributed by atoms with Crippen molar-refractivity contribution in [3.8, 4) is 0 Å². The molecule has 2 unspecified atom stereocenters. The van der Waals surface area contributed by atoms with Crippen molar-refractivity contribution in [2.24, 2.45) is 0 Å². The van der Waals surface area contributed by atoms with Crippen molar-refractivity contribution in [2.75, 3.05) is 11.6 Å². The molecule has 0 fully saturated rings. The first kappa shape index (κ1) is 18.1. The van der Waals surface area contributed by atoms with Crippen LogP contribution in [0.2, 0.25) is 0 Å². The maximum absolute atomic E-state index is 12.6. The first-order chi connectivity index (χ1) is 11.6. The van der Waals surface area contributed by atoms with E-state index in [1.807, 2.05) is 73.8 Å². The van der Waals surface area contributed by atoms with Gasteiger partial charge in [-0.3, -0.25) is 9.59 Å². The summed E-state index contributed by atoms with van der Waals surface area (Å²) in [4.78, 5) is 24.9.